The quantitative estimate of drug-likeness (QED) is 0.409. The third-order valence-electron chi connectivity index (χ3n) is 1.43. The molecule has 0 spiro atoms. The van der Waals surface area contributed by atoms with Gasteiger partial charge < -0.3 is 10.3 Å². The molecule has 74 valence electrons. The number of hydrogen-bond donors (Lipinski definition) is 2. The Morgan fingerprint density at radius 1 is 1.79 bits per heavy atom. The molecule has 0 fully saturated rings. The molecule has 0 atom stereocenters. The predicted molar refractivity (Wildman–Crippen MR) is 50.2 cm³/mol. The highest BCUT2D eigenvalue weighted by molar-refractivity contribution is 5.53. The molecular formula is C7H8N4O3. The second-order valence-electron chi connectivity index (χ2n) is 2.36. The largest absolute Gasteiger partial charge is 0.375 e. The summed E-state index contributed by atoms with van der Waals surface area (Å²) in [5, 5.41) is 13.1. The number of aromatic nitrogens is 2. The van der Waals surface area contributed by atoms with Crippen LogP contribution in [0.25, 0.3) is 0 Å². The Hall–Kier alpha value is -2.18. The van der Waals surface area contributed by atoms with Gasteiger partial charge in [-0.05, 0) is 0 Å². The number of nitrogens with one attached hydrogen (secondary N) is 2. The van der Waals surface area contributed by atoms with Gasteiger partial charge in [0.25, 0.3) is 0 Å². The highest BCUT2D eigenvalue weighted by Gasteiger charge is 2.19. The van der Waals surface area contributed by atoms with Crippen LogP contribution in [0.3, 0.4) is 0 Å². The Balaban J connectivity index is 3.14. The third-order valence-corrected chi connectivity index (χ3v) is 1.43. The van der Waals surface area contributed by atoms with Crippen LogP contribution in [0, 0.1) is 10.1 Å². The zero-order valence-corrected chi connectivity index (χ0v) is 7.19. The van der Waals surface area contributed by atoms with Crippen LogP contribution in [0.5, 0.6) is 0 Å². The van der Waals surface area contributed by atoms with Gasteiger partial charge in [0.15, 0.2) is 0 Å². The van der Waals surface area contributed by atoms with Crippen LogP contribution in [0.15, 0.2) is 23.8 Å². The summed E-state index contributed by atoms with van der Waals surface area (Å²) < 4.78 is 0. The first-order valence-corrected chi connectivity index (χ1v) is 3.73. The van der Waals surface area contributed by atoms with Crippen LogP contribution in [0.1, 0.15) is 0 Å². The van der Waals surface area contributed by atoms with E-state index in [4.69, 9.17) is 0 Å². The number of hydrogen-bond acceptors (Lipinski definition) is 5. The lowest BCUT2D eigenvalue weighted by Gasteiger charge is -2.00. The zero-order chi connectivity index (χ0) is 10.6. The standard InChI is InChI=1S/C7H8N4O3/c1-2-3-8-6-5(11(13)14)7(12)10-4-9-6/h2,4H,1,3H2,(H2,8,9,10,12). The van der Waals surface area contributed by atoms with Gasteiger partial charge in [-0.2, -0.15) is 0 Å². The third kappa shape index (κ3) is 1.94. The van der Waals surface area contributed by atoms with Crippen LogP contribution in [-0.4, -0.2) is 21.4 Å². The summed E-state index contributed by atoms with van der Waals surface area (Å²) in [7, 11) is 0. The fourth-order valence-electron chi connectivity index (χ4n) is 0.860. The number of anilines is 1. The van der Waals surface area contributed by atoms with Crippen LogP contribution in [0.2, 0.25) is 0 Å². The van der Waals surface area contributed by atoms with E-state index >= 15 is 0 Å². The highest BCUT2D eigenvalue weighted by atomic mass is 16.6. The number of nitro groups is 1. The van der Waals surface area contributed by atoms with Crippen molar-refractivity contribution < 1.29 is 4.92 Å². The van der Waals surface area contributed by atoms with E-state index in [1.807, 2.05) is 0 Å². The van der Waals surface area contributed by atoms with Crippen LogP contribution >= 0.6 is 0 Å². The van der Waals surface area contributed by atoms with Crippen molar-refractivity contribution in [2.75, 3.05) is 11.9 Å². The van der Waals surface area contributed by atoms with E-state index in [1.165, 1.54) is 6.08 Å². The van der Waals surface area contributed by atoms with Crippen LogP contribution in [0.4, 0.5) is 11.5 Å². The molecule has 14 heavy (non-hydrogen) atoms. The van der Waals surface area contributed by atoms with Gasteiger partial charge in [-0.15, -0.1) is 6.58 Å². The summed E-state index contributed by atoms with van der Waals surface area (Å²) in [6, 6.07) is 0. The fraction of sp³-hybridized carbons (Fsp3) is 0.143. The van der Waals surface area contributed by atoms with Crippen molar-refractivity contribution in [3.63, 3.8) is 0 Å². The highest BCUT2D eigenvalue weighted by Crippen LogP contribution is 2.13. The summed E-state index contributed by atoms with van der Waals surface area (Å²) in [6.07, 6.45) is 2.60. The van der Waals surface area contributed by atoms with Crippen molar-refractivity contribution in [2.45, 2.75) is 0 Å². The van der Waals surface area contributed by atoms with E-state index in [9.17, 15) is 14.9 Å². The Bertz CT molecular complexity index is 412. The van der Waals surface area contributed by atoms with Gasteiger partial charge in [0.2, 0.25) is 5.82 Å². The number of aromatic amines is 1. The molecule has 1 aromatic heterocycles. The maximum absolute atomic E-state index is 11.0. The molecule has 0 unspecified atom stereocenters. The molecule has 0 saturated heterocycles. The minimum absolute atomic E-state index is 0.0568. The molecule has 0 bridgehead atoms. The lowest BCUT2D eigenvalue weighted by molar-refractivity contribution is -0.385. The van der Waals surface area contributed by atoms with Gasteiger partial charge in [0, 0.05) is 6.54 Å². The number of nitrogens with zero attached hydrogens (tertiary/aromatic N) is 2. The predicted octanol–water partition coefficient (Wildman–Crippen LogP) is 0.276. The maximum Gasteiger partial charge on any atom is 0.375 e. The first kappa shape index (κ1) is 9.90. The van der Waals surface area contributed by atoms with E-state index in [2.05, 4.69) is 21.9 Å². The Labute approximate surface area is 78.6 Å². The number of H-pyrrole nitrogens is 1. The van der Waals surface area contributed by atoms with Gasteiger partial charge in [-0.1, -0.05) is 6.08 Å². The molecule has 7 nitrogen and oxygen atoms in total. The molecule has 0 aliphatic heterocycles. The van der Waals surface area contributed by atoms with Gasteiger partial charge in [-0.25, -0.2) is 4.98 Å². The first-order chi connectivity index (χ1) is 6.66. The molecule has 1 aromatic rings. The van der Waals surface area contributed by atoms with E-state index < -0.39 is 16.2 Å². The normalized spacial score (nSPS) is 9.43. The van der Waals surface area contributed by atoms with Crippen LogP contribution in [-0.2, 0) is 0 Å². The summed E-state index contributed by atoms with van der Waals surface area (Å²) in [6.45, 7) is 3.73. The molecule has 2 N–H and O–H groups in total. The molecule has 1 rings (SSSR count). The second kappa shape index (κ2) is 4.17. The molecule has 0 aromatic carbocycles. The SMILES string of the molecule is C=CCNc1nc[nH]c(=O)c1[N+](=O)[O-]. The number of rotatable bonds is 4. The molecule has 0 amide bonds. The van der Waals surface area contributed by atoms with Gasteiger partial charge in [-0.3, -0.25) is 14.9 Å². The van der Waals surface area contributed by atoms with Gasteiger partial charge in [0.1, 0.15) is 0 Å². The van der Waals surface area contributed by atoms with Crippen molar-refractivity contribution in [1.82, 2.24) is 9.97 Å². The average molecular weight is 196 g/mol. The summed E-state index contributed by atoms with van der Waals surface area (Å²) >= 11 is 0. The molecule has 0 radical (unpaired) electrons. The lowest BCUT2D eigenvalue weighted by atomic mass is 10.4. The zero-order valence-electron chi connectivity index (χ0n) is 7.19. The minimum Gasteiger partial charge on any atom is -0.361 e. The summed E-state index contributed by atoms with van der Waals surface area (Å²) in [5.41, 5.74) is -1.37. The van der Waals surface area contributed by atoms with Crippen molar-refractivity contribution in [1.29, 1.82) is 0 Å². The molecule has 1 heterocycles. The Kier molecular flexibility index (Phi) is 2.95. The topological polar surface area (TPSA) is 101 Å². The van der Waals surface area contributed by atoms with E-state index in [0.717, 1.165) is 6.33 Å². The lowest BCUT2D eigenvalue weighted by Crippen LogP contribution is -2.16. The summed E-state index contributed by atoms with van der Waals surface area (Å²) in [5.74, 6) is -0.0568. The maximum atomic E-state index is 11.0. The molecule has 7 heteroatoms. The molecule has 0 saturated carbocycles. The van der Waals surface area contributed by atoms with E-state index in [0.29, 0.717) is 6.54 Å². The van der Waals surface area contributed by atoms with Gasteiger partial charge in [0.05, 0.1) is 11.3 Å². The van der Waals surface area contributed by atoms with Crippen molar-refractivity contribution in [3.05, 3.63) is 39.5 Å². The Morgan fingerprint density at radius 2 is 2.50 bits per heavy atom. The Morgan fingerprint density at radius 3 is 3.07 bits per heavy atom. The summed E-state index contributed by atoms with van der Waals surface area (Å²) in [4.78, 5) is 26.5. The molecule has 0 aliphatic carbocycles. The monoisotopic (exact) mass is 196 g/mol. The van der Waals surface area contributed by atoms with E-state index in [-0.39, 0.29) is 5.82 Å². The average Bonchev–Trinajstić information content (AvgIpc) is 2.14. The first-order valence-electron chi connectivity index (χ1n) is 3.73. The minimum atomic E-state index is -0.781. The molecule has 0 aliphatic rings. The van der Waals surface area contributed by atoms with E-state index in [1.54, 1.807) is 0 Å². The van der Waals surface area contributed by atoms with Gasteiger partial charge >= 0.3 is 11.2 Å². The second-order valence-corrected chi connectivity index (χ2v) is 2.36. The van der Waals surface area contributed by atoms with Crippen molar-refractivity contribution >= 4 is 11.5 Å². The molecular weight excluding hydrogens is 188 g/mol. The van der Waals surface area contributed by atoms with Crippen LogP contribution < -0.4 is 10.9 Å². The van der Waals surface area contributed by atoms with Crippen molar-refractivity contribution in [2.24, 2.45) is 0 Å². The fourth-order valence-corrected chi connectivity index (χ4v) is 0.860. The smallest absolute Gasteiger partial charge is 0.361 e. The van der Waals surface area contributed by atoms with Crippen molar-refractivity contribution in [3.8, 4) is 0 Å².